The Hall–Kier alpha value is -2.90. The number of hydrogen-bond donors (Lipinski definition) is 2. The van der Waals surface area contributed by atoms with Crippen molar-refractivity contribution in [2.45, 2.75) is 27.3 Å². The second-order valence-electron chi connectivity index (χ2n) is 6.86. The third-order valence-corrected chi connectivity index (χ3v) is 5.21. The normalized spacial score (nSPS) is 10.1. The quantitative estimate of drug-likeness (QED) is 0.281. The highest BCUT2D eigenvalue weighted by atomic mass is 31.0. The maximum absolute atomic E-state index is 13.6. The van der Waals surface area contributed by atoms with Crippen molar-refractivity contribution in [1.82, 2.24) is 0 Å². The van der Waals surface area contributed by atoms with E-state index in [2.05, 4.69) is 65.5 Å². The van der Waals surface area contributed by atoms with E-state index in [0.717, 1.165) is 33.5 Å². The van der Waals surface area contributed by atoms with Gasteiger partial charge in [-0.2, -0.15) is 0 Å². The van der Waals surface area contributed by atoms with Crippen molar-refractivity contribution < 1.29 is 4.39 Å². The summed E-state index contributed by atoms with van der Waals surface area (Å²) < 4.78 is 13.6. The summed E-state index contributed by atoms with van der Waals surface area (Å²) >= 11 is 0. The Morgan fingerprint density at radius 1 is 0.966 bits per heavy atom. The average Bonchev–Trinajstić information content (AvgIpc) is 2.70. The monoisotopic (exact) mass is 406 g/mol. The molecule has 0 heterocycles. The molecule has 0 aliphatic heterocycles. The molecule has 0 spiro atoms. The van der Waals surface area contributed by atoms with Crippen LogP contribution in [0.5, 0.6) is 0 Å². The van der Waals surface area contributed by atoms with Crippen LogP contribution in [-0.4, -0.2) is 5.80 Å². The average molecular weight is 406 g/mol. The van der Waals surface area contributed by atoms with Crippen LogP contribution in [0.3, 0.4) is 0 Å². The minimum Gasteiger partial charge on any atom is -0.398 e. The van der Waals surface area contributed by atoms with E-state index in [9.17, 15) is 4.39 Å². The second kappa shape index (κ2) is 10.0. The molecule has 0 saturated heterocycles. The molecular formula is C25H28FN2P. The van der Waals surface area contributed by atoms with Crippen LogP contribution in [0.25, 0.3) is 11.1 Å². The minimum absolute atomic E-state index is 0.234. The molecule has 3 aromatic rings. The molecule has 4 heteroatoms. The summed E-state index contributed by atoms with van der Waals surface area (Å²) in [6.07, 6.45) is 0. The highest BCUT2D eigenvalue weighted by Gasteiger charge is 2.14. The topological polar surface area (TPSA) is 38.0 Å². The van der Waals surface area contributed by atoms with E-state index < -0.39 is 0 Å². The van der Waals surface area contributed by atoms with Crippen LogP contribution >= 0.6 is 8.86 Å². The fourth-order valence-electron chi connectivity index (χ4n) is 3.44. The van der Waals surface area contributed by atoms with Gasteiger partial charge >= 0.3 is 0 Å². The van der Waals surface area contributed by atoms with E-state index in [4.69, 9.17) is 5.73 Å². The first-order valence-electron chi connectivity index (χ1n) is 9.40. The van der Waals surface area contributed by atoms with E-state index in [-0.39, 0.29) is 5.82 Å². The molecule has 0 radical (unpaired) electrons. The smallest absolute Gasteiger partial charge is 0.123 e. The summed E-state index contributed by atoms with van der Waals surface area (Å²) in [6.45, 7) is 12.7. The standard InChI is InChI=1S/C23H24FN2P.C2H4/c1-14-5-4-6-15(2)23(14)26-12-21-20(10-17(13-27)11-22(21)25)19-8-7-18(24)9-16(19)3;1-2/h4-11,13,26-27H,12,25H2,1-3H3;1-2H2. The molecule has 3 rings (SSSR count). The molecule has 150 valence electrons. The summed E-state index contributed by atoms with van der Waals surface area (Å²) in [5.41, 5.74) is 15.5. The Morgan fingerprint density at radius 2 is 1.62 bits per heavy atom. The van der Waals surface area contributed by atoms with Gasteiger partial charge in [-0.05, 0) is 84.2 Å². The molecule has 0 saturated carbocycles. The lowest BCUT2D eigenvalue weighted by atomic mass is 9.93. The third kappa shape index (κ3) is 5.13. The van der Waals surface area contributed by atoms with E-state index in [1.807, 2.05) is 24.9 Å². The lowest BCUT2D eigenvalue weighted by molar-refractivity contribution is 0.627. The van der Waals surface area contributed by atoms with Gasteiger partial charge in [-0.1, -0.05) is 24.3 Å². The van der Waals surface area contributed by atoms with Crippen molar-refractivity contribution in [3.63, 3.8) is 0 Å². The van der Waals surface area contributed by atoms with Crippen molar-refractivity contribution >= 4 is 26.0 Å². The van der Waals surface area contributed by atoms with E-state index in [1.54, 1.807) is 6.07 Å². The van der Waals surface area contributed by atoms with Gasteiger partial charge in [0.15, 0.2) is 0 Å². The number of hydrogen-bond acceptors (Lipinski definition) is 2. The van der Waals surface area contributed by atoms with Gasteiger partial charge in [-0.15, -0.1) is 22.0 Å². The van der Waals surface area contributed by atoms with Crippen LogP contribution in [0.4, 0.5) is 15.8 Å². The van der Waals surface area contributed by atoms with E-state index in [1.165, 1.54) is 17.2 Å². The summed E-state index contributed by atoms with van der Waals surface area (Å²) in [7, 11) is 3.44. The minimum atomic E-state index is -0.234. The van der Waals surface area contributed by atoms with E-state index in [0.29, 0.717) is 12.2 Å². The van der Waals surface area contributed by atoms with E-state index >= 15 is 0 Å². The highest BCUT2D eigenvalue weighted by molar-refractivity contribution is 7.19. The molecular weight excluding hydrogens is 378 g/mol. The number of halogens is 1. The molecule has 29 heavy (non-hydrogen) atoms. The lowest BCUT2D eigenvalue weighted by Crippen LogP contribution is -2.08. The molecule has 0 fully saturated rings. The zero-order chi connectivity index (χ0) is 21.6. The summed E-state index contributed by atoms with van der Waals surface area (Å²) in [6, 6.07) is 15.1. The SMILES string of the molecule is C=C.Cc1cc(F)ccc1-c1cc(C=P)cc(N)c1CNc1c(C)cccc1C. The summed E-state index contributed by atoms with van der Waals surface area (Å²) in [5, 5.41) is 3.54. The van der Waals surface area contributed by atoms with Gasteiger partial charge < -0.3 is 11.1 Å². The maximum Gasteiger partial charge on any atom is 0.123 e. The molecule has 0 aliphatic carbocycles. The highest BCUT2D eigenvalue weighted by Crippen LogP contribution is 2.33. The fourth-order valence-corrected chi connectivity index (χ4v) is 3.60. The number of rotatable bonds is 5. The molecule has 0 unspecified atom stereocenters. The van der Waals surface area contributed by atoms with Crippen molar-refractivity contribution in [3.05, 3.63) is 95.3 Å². The predicted molar refractivity (Wildman–Crippen MR) is 129 cm³/mol. The lowest BCUT2D eigenvalue weighted by Gasteiger charge is -2.19. The van der Waals surface area contributed by atoms with Crippen LogP contribution in [0.15, 0.2) is 61.7 Å². The van der Waals surface area contributed by atoms with Crippen LogP contribution in [0, 0.1) is 26.6 Å². The van der Waals surface area contributed by atoms with Gasteiger partial charge in [0.25, 0.3) is 0 Å². The summed E-state index contributed by atoms with van der Waals surface area (Å²) in [4.78, 5) is 0. The first-order valence-corrected chi connectivity index (χ1v) is 9.98. The molecule has 2 nitrogen and oxygen atoms in total. The number of nitrogens with one attached hydrogen (secondary N) is 1. The number of nitrogen functional groups attached to an aromatic ring is 1. The third-order valence-electron chi connectivity index (χ3n) is 4.88. The molecule has 0 aromatic heterocycles. The van der Waals surface area contributed by atoms with Crippen molar-refractivity contribution in [1.29, 1.82) is 0 Å². The number of aryl methyl sites for hydroxylation is 3. The van der Waals surface area contributed by atoms with Gasteiger partial charge in [-0.25, -0.2) is 4.39 Å². The fraction of sp³-hybridized carbons (Fsp3) is 0.160. The molecule has 3 aromatic carbocycles. The van der Waals surface area contributed by atoms with Crippen LogP contribution < -0.4 is 11.1 Å². The Morgan fingerprint density at radius 3 is 2.21 bits per heavy atom. The van der Waals surface area contributed by atoms with Crippen LogP contribution in [0.1, 0.15) is 27.8 Å². The number of nitrogens with two attached hydrogens (primary N) is 1. The van der Waals surface area contributed by atoms with Crippen molar-refractivity contribution in [3.8, 4) is 11.1 Å². The van der Waals surface area contributed by atoms with Gasteiger partial charge in [-0.3, -0.25) is 0 Å². The Balaban J connectivity index is 0.00000145. The van der Waals surface area contributed by atoms with Crippen LogP contribution in [-0.2, 0) is 6.54 Å². The summed E-state index contributed by atoms with van der Waals surface area (Å²) in [5.74, 6) is 1.60. The Bertz CT molecular complexity index is 1010. The predicted octanol–water partition coefficient (Wildman–Crippen LogP) is 6.71. The van der Waals surface area contributed by atoms with Crippen molar-refractivity contribution in [2.24, 2.45) is 0 Å². The Labute approximate surface area is 175 Å². The van der Waals surface area contributed by atoms with Gasteiger partial charge in [0.1, 0.15) is 5.82 Å². The number of anilines is 2. The second-order valence-corrected chi connectivity index (χ2v) is 7.15. The zero-order valence-corrected chi connectivity index (χ0v) is 18.3. The molecule has 3 N–H and O–H groups in total. The number of benzene rings is 3. The first kappa shape index (κ1) is 22.4. The number of para-hydroxylation sites is 1. The van der Waals surface area contributed by atoms with Crippen LogP contribution in [0.2, 0.25) is 0 Å². The Kier molecular flexibility index (Phi) is 7.75. The van der Waals surface area contributed by atoms with Gasteiger partial charge in [0.05, 0.1) is 0 Å². The molecule has 0 bridgehead atoms. The molecule has 0 amide bonds. The molecule has 0 atom stereocenters. The maximum atomic E-state index is 13.6. The molecule has 0 aliphatic rings. The first-order chi connectivity index (χ1) is 13.9. The largest absolute Gasteiger partial charge is 0.398 e. The van der Waals surface area contributed by atoms with Gasteiger partial charge in [0, 0.05) is 23.5 Å². The zero-order valence-electron chi connectivity index (χ0n) is 17.3. The van der Waals surface area contributed by atoms with Crippen molar-refractivity contribution in [2.75, 3.05) is 11.1 Å². The van der Waals surface area contributed by atoms with Gasteiger partial charge in [0.2, 0.25) is 0 Å².